The van der Waals surface area contributed by atoms with Crippen molar-refractivity contribution in [2.45, 2.75) is 55.5 Å². The van der Waals surface area contributed by atoms with Gasteiger partial charge < -0.3 is 5.32 Å². The highest BCUT2D eigenvalue weighted by Gasteiger charge is 2.29. The van der Waals surface area contributed by atoms with Gasteiger partial charge in [-0.05, 0) is 36.6 Å². The molecule has 1 aromatic heterocycles. The summed E-state index contributed by atoms with van der Waals surface area (Å²) in [7, 11) is -1.34. The van der Waals surface area contributed by atoms with E-state index in [1.807, 2.05) is 0 Å². The minimum atomic E-state index is -4.19. The number of nitrogens with one attached hydrogen (secondary N) is 2. The minimum absolute atomic E-state index is 0.00527. The normalized spacial score (nSPS) is 16.1. The first-order valence-corrected chi connectivity index (χ1v) is 13.2. The minimum Gasteiger partial charge on any atom is -0.352 e. The van der Waals surface area contributed by atoms with E-state index in [9.17, 15) is 22.8 Å². The van der Waals surface area contributed by atoms with Crippen molar-refractivity contribution < 1.29 is 13.2 Å². The first kappa shape index (κ1) is 24.9. The third-order valence-electron chi connectivity index (χ3n) is 6.62. The molecule has 2 N–H and O–H groups in total. The summed E-state index contributed by atoms with van der Waals surface area (Å²) < 4.78 is 31.5. The highest BCUT2D eigenvalue weighted by atomic mass is 32.2. The van der Waals surface area contributed by atoms with E-state index in [1.54, 1.807) is 30.3 Å². The Morgan fingerprint density at radius 3 is 2.26 bits per heavy atom. The summed E-state index contributed by atoms with van der Waals surface area (Å²) in [6, 6.07) is 11.5. The molecule has 186 valence electrons. The molecule has 0 aliphatic heterocycles. The zero-order chi connectivity index (χ0) is 25.2. The van der Waals surface area contributed by atoms with E-state index < -0.39 is 33.2 Å². The summed E-state index contributed by atoms with van der Waals surface area (Å²) >= 11 is 0. The third-order valence-corrected chi connectivity index (χ3v) is 8.04. The Balaban J connectivity index is 1.69. The van der Waals surface area contributed by atoms with Gasteiger partial charge in [0.1, 0.15) is 6.04 Å². The quantitative estimate of drug-likeness (QED) is 0.505. The van der Waals surface area contributed by atoms with Gasteiger partial charge in [-0.25, -0.2) is 13.2 Å². The number of fused-ring (bicyclic) bond motifs is 1. The van der Waals surface area contributed by atoms with Gasteiger partial charge in [0.05, 0.1) is 15.8 Å². The molecule has 1 unspecified atom stereocenters. The van der Waals surface area contributed by atoms with Crippen LogP contribution in [0.4, 0.5) is 0 Å². The van der Waals surface area contributed by atoms with Gasteiger partial charge in [-0.15, -0.1) is 0 Å². The highest BCUT2D eigenvalue weighted by Crippen LogP contribution is 2.22. The number of nitrogens with zero attached hydrogens (tertiary/aromatic N) is 2. The number of hydrogen-bond acceptors (Lipinski definition) is 5. The largest absolute Gasteiger partial charge is 0.352 e. The van der Waals surface area contributed by atoms with Crippen LogP contribution in [0.5, 0.6) is 0 Å². The maximum absolute atomic E-state index is 13.4. The molecule has 2 aromatic carbocycles. The van der Waals surface area contributed by atoms with Crippen LogP contribution >= 0.6 is 0 Å². The van der Waals surface area contributed by atoms with Crippen LogP contribution in [-0.4, -0.2) is 29.5 Å². The molecule has 1 amide bonds. The molecule has 1 saturated carbocycles. The van der Waals surface area contributed by atoms with Gasteiger partial charge in [-0.3, -0.25) is 18.7 Å². The fourth-order valence-corrected chi connectivity index (χ4v) is 5.80. The Morgan fingerprint density at radius 2 is 1.60 bits per heavy atom. The SMILES string of the molecule is Cn1c(=O)c2cc(S(=O)(=O)NC(C(=O)NC3CCCCCC3)c3ccccc3)ccc2n(C)c1=O. The van der Waals surface area contributed by atoms with Crippen LogP contribution in [0.25, 0.3) is 10.9 Å². The molecule has 1 aliphatic carbocycles. The second-order valence-corrected chi connectivity index (χ2v) is 10.8. The first-order chi connectivity index (χ1) is 16.7. The van der Waals surface area contributed by atoms with Gasteiger partial charge in [-0.2, -0.15) is 4.72 Å². The molecule has 10 heteroatoms. The number of hydrogen-bond donors (Lipinski definition) is 2. The van der Waals surface area contributed by atoms with Crippen molar-refractivity contribution in [2.75, 3.05) is 0 Å². The summed E-state index contributed by atoms with van der Waals surface area (Å²) in [6.45, 7) is 0. The molecular weight excluding hydrogens is 468 g/mol. The molecule has 35 heavy (non-hydrogen) atoms. The zero-order valence-electron chi connectivity index (χ0n) is 19.9. The molecule has 0 saturated heterocycles. The lowest BCUT2D eigenvalue weighted by Crippen LogP contribution is -2.44. The van der Waals surface area contributed by atoms with Crippen molar-refractivity contribution >= 4 is 26.8 Å². The van der Waals surface area contributed by atoms with Crippen LogP contribution < -0.4 is 21.3 Å². The smallest absolute Gasteiger partial charge is 0.330 e. The van der Waals surface area contributed by atoms with E-state index in [-0.39, 0.29) is 16.3 Å². The Kier molecular flexibility index (Phi) is 7.23. The lowest BCUT2D eigenvalue weighted by Gasteiger charge is -2.23. The number of rotatable bonds is 6. The average Bonchev–Trinajstić information content (AvgIpc) is 3.13. The maximum atomic E-state index is 13.4. The van der Waals surface area contributed by atoms with Gasteiger partial charge in [0.2, 0.25) is 15.9 Å². The monoisotopic (exact) mass is 498 g/mol. The Morgan fingerprint density at radius 1 is 0.943 bits per heavy atom. The first-order valence-electron chi connectivity index (χ1n) is 11.8. The molecule has 0 spiro atoms. The molecule has 4 rings (SSSR count). The van der Waals surface area contributed by atoms with Crippen molar-refractivity contribution in [2.24, 2.45) is 14.1 Å². The fraction of sp³-hybridized carbons (Fsp3) is 0.400. The van der Waals surface area contributed by atoms with Crippen LogP contribution in [0.2, 0.25) is 0 Å². The second-order valence-electron chi connectivity index (χ2n) is 9.05. The fourth-order valence-electron chi connectivity index (χ4n) is 4.59. The highest BCUT2D eigenvalue weighted by molar-refractivity contribution is 7.89. The van der Waals surface area contributed by atoms with Gasteiger partial charge in [0.25, 0.3) is 5.56 Å². The topological polar surface area (TPSA) is 119 Å². The third kappa shape index (κ3) is 5.23. The van der Waals surface area contributed by atoms with Gasteiger partial charge >= 0.3 is 5.69 Å². The van der Waals surface area contributed by atoms with Crippen molar-refractivity contribution in [3.8, 4) is 0 Å². The van der Waals surface area contributed by atoms with Crippen molar-refractivity contribution in [3.05, 3.63) is 74.9 Å². The van der Waals surface area contributed by atoms with Crippen LogP contribution in [-0.2, 0) is 28.9 Å². The standard InChI is InChI=1S/C25H30N4O5S/c1-28-21-15-14-19(16-20(21)24(31)29(2)25(28)32)35(33,34)27-22(17-10-6-5-7-11-17)23(30)26-18-12-8-3-4-9-13-18/h5-7,10-11,14-16,18,22,27H,3-4,8-9,12-13H2,1-2H3,(H,26,30). The van der Waals surface area contributed by atoms with Gasteiger partial charge in [0, 0.05) is 20.1 Å². The number of sulfonamides is 1. The molecule has 1 aliphatic rings. The van der Waals surface area contributed by atoms with Crippen LogP contribution in [0, 0.1) is 0 Å². The van der Waals surface area contributed by atoms with Crippen molar-refractivity contribution in [1.82, 2.24) is 19.2 Å². The van der Waals surface area contributed by atoms with E-state index >= 15 is 0 Å². The predicted molar refractivity (Wildman–Crippen MR) is 134 cm³/mol. The maximum Gasteiger partial charge on any atom is 0.330 e. The van der Waals surface area contributed by atoms with Gasteiger partial charge in [0.15, 0.2) is 0 Å². The molecule has 1 heterocycles. The number of benzene rings is 2. The van der Waals surface area contributed by atoms with Crippen LogP contribution in [0.3, 0.4) is 0 Å². The van der Waals surface area contributed by atoms with Crippen LogP contribution in [0.15, 0.2) is 63.0 Å². The van der Waals surface area contributed by atoms with E-state index in [2.05, 4.69) is 10.0 Å². The molecule has 3 aromatic rings. The van der Waals surface area contributed by atoms with Crippen LogP contribution in [0.1, 0.15) is 50.1 Å². The lowest BCUT2D eigenvalue weighted by molar-refractivity contribution is -0.123. The molecule has 0 bridgehead atoms. The number of amides is 1. The molecule has 0 radical (unpaired) electrons. The zero-order valence-corrected chi connectivity index (χ0v) is 20.7. The summed E-state index contributed by atoms with van der Waals surface area (Å²) in [5.74, 6) is -0.411. The summed E-state index contributed by atoms with van der Waals surface area (Å²) in [4.78, 5) is 38.0. The van der Waals surface area contributed by atoms with Crippen molar-refractivity contribution in [3.63, 3.8) is 0 Å². The van der Waals surface area contributed by atoms with E-state index in [0.717, 1.165) is 43.1 Å². The molecular formula is C25H30N4O5S. The molecule has 1 fully saturated rings. The molecule has 9 nitrogen and oxygen atoms in total. The van der Waals surface area contributed by atoms with Crippen molar-refractivity contribution in [1.29, 1.82) is 0 Å². The average molecular weight is 499 g/mol. The summed E-state index contributed by atoms with van der Waals surface area (Å²) in [6.07, 6.45) is 6.06. The number of aryl methyl sites for hydroxylation is 1. The number of carbonyl (C=O) groups excluding carboxylic acids is 1. The Hall–Kier alpha value is -3.24. The lowest BCUT2D eigenvalue weighted by atomic mass is 10.0. The summed E-state index contributed by atoms with van der Waals surface area (Å²) in [5, 5.41) is 3.13. The van der Waals surface area contributed by atoms with E-state index in [0.29, 0.717) is 11.1 Å². The molecule has 1 atom stereocenters. The Bertz CT molecular complexity index is 1450. The van der Waals surface area contributed by atoms with Gasteiger partial charge in [-0.1, -0.05) is 56.0 Å². The second kappa shape index (κ2) is 10.2. The van der Waals surface area contributed by atoms with E-state index in [4.69, 9.17) is 0 Å². The number of aromatic nitrogens is 2. The summed E-state index contributed by atoms with van der Waals surface area (Å²) in [5.41, 5.74) is -0.259. The Labute approximate surface area is 203 Å². The number of carbonyl (C=O) groups is 1. The van der Waals surface area contributed by atoms with E-state index in [1.165, 1.54) is 36.9 Å². The predicted octanol–water partition coefficient (Wildman–Crippen LogP) is 2.10.